The average molecular weight is 383 g/mol. The zero-order chi connectivity index (χ0) is 19.4. The van der Waals surface area contributed by atoms with Gasteiger partial charge in [-0.1, -0.05) is 51.3 Å². The van der Waals surface area contributed by atoms with Crippen LogP contribution in [-0.2, 0) is 0 Å². The number of nitrogens with zero attached hydrogens (tertiary/aromatic N) is 2. The number of para-hydroxylation sites is 1. The number of benzene rings is 1. The highest BCUT2D eigenvalue weighted by Crippen LogP contribution is 2.51. The fourth-order valence-corrected chi connectivity index (χ4v) is 6.12. The summed E-state index contributed by atoms with van der Waals surface area (Å²) >= 11 is 0. The van der Waals surface area contributed by atoms with Gasteiger partial charge in [0.15, 0.2) is 0 Å². The minimum Gasteiger partial charge on any atom is -0.369 e. The van der Waals surface area contributed by atoms with Crippen molar-refractivity contribution in [2.45, 2.75) is 84.0 Å². The van der Waals surface area contributed by atoms with Gasteiger partial charge in [-0.25, -0.2) is 0 Å². The van der Waals surface area contributed by atoms with E-state index in [1.807, 2.05) is 0 Å². The van der Waals surface area contributed by atoms with Crippen molar-refractivity contribution in [2.75, 3.05) is 37.6 Å². The Morgan fingerprint density at radius 1 is 0.893 bits per heavy atom. The van der Waals surface area contributed by atoms with Crippen molar-refractivity contribution in [3.63, 3.8) is 0 Å². The van der Waals surface area contributed by atoms with Gasteiger partial charge >= 0.3 is 0 Å². The van der Waals surface area contributed by atoms with E-state index in [2.05, 4.69) is 47.9 Å². The maximum atomic E-state index is 2.69. The van der Waals surface area contributed by atoms with Crippen LogP contribution in [0.15, 0.2) is 24.3 Å². The summed E-state index contributed by atoms with van der Waals surface area (Å²) in [5.41, 5.74) is 3.94. The fourth-order valence-electron chi connectivity index (χ4n) is 6.12. The van der Waals surface area contributed by atoms with Crippen LogP contribution in [0.25, 0.3) is 0 Å². The molecule has 4 rings (SSSR count). The molecule has 2 aliphatic carbocycles. The van der Waals surface area contributed by atoms with E-state index in [-0.39, 0.29) is 0 Å². The SMILES string of the molecule is CC(C)CCN1CCN(c2ccccc2C2CCC3(CCCCC3)CC2)CC1. The molecule has 2 heteroatoms. The summed E-state index contributed by atoms with van der Waals surface area (Å²) in [4.78, 5) is 5.36. The minimum absolute atomic E-state index is 0.728. The first kappa shape index (κ1) is 20.3. The van der Waals surface area contributed by atoms with Crippen LogP contribution in [-0.4, -0.2) is 37.6 Å². The molecule has 3 fully saturated rings. The van der Waals surface area contributed by atoms with Crippen molar-refractivity contribution in [1.82, 2.24) is 4.90 Å². The molecule has 1 aliphatic heterocycles. The summed E-state index contributed by atoms with van der Waals surface area (Å²) < 4.78 is 0. The normalized spacial score (nSPS) is 24.2. The molecular formula is C26H42N2. The lowest BCUT2D eigenvalue weighted by Gasteiger charge is -2.44. The molecule has 156 valence electrons. The van der Waals surface area contributed by atoms with Crippen molar-refractivity contribution in [1.29, 1.82) is 0 Å². The van der Waals surface area contributed by atoms with Crippen LogP contribution in [0.4, 0.5) is 5.69 Å². The summed E-state index contributed by atoms with van der Waals surface area (Å²) in [5, 5.41) is 0. The van der Waals surface area contributed by atoms with E-state index in [0.717, 1.165) is 17.3 Å². The fraction of sp³-hybridized carbons (Fsp3) is 0.769. The summed E-state index contributed by atoms with van der Waals surface area (Å²) in [6, 6.07) is 9.40. The van der Waals surface area contributed by atoms with Crippen LogP contribution in [0.2, 0.25) is 0 Å². The Morgan fingerprint density at radius 2 is 1.57 bits per heavy atom. The molecule has 1 aromatic carbocycles. The highest BCUT2D eigenvalue weighted by atomic mass is 15.3. The van der Waals surface area contributed by atoms with Gasteiger partial charge in [0.1, 0.15) is 0 Å². The zero-order valence-electron chi connectivity index (χ0n) is 18.5. The maximum absolute atomic E-state index is 2.69. The van der Waals surface area contributed by atoms with Gasteiger partial charge in [0, 0.05) is 31.9 Å². The van der Waals surface area contributed by atoms with E-state index in [0.29, 0.717) is 0 Å². The molecule has 2 nitrogen and oxygen atoms in total. The Hall–Kier alpha value is -1.02. The lowest BCUT2D eigenvalue weighted by Crippen LogP contribution is -2.47. The van der Waals surface area contributed by atoms with Gasteiger partial charge < -0.3 is 4.90 Å². The summed E-state index contributed by atoms with van der Waals surface area (Å²) in [7, 11) is 0. The molecule has 0 N–H and O–H groups in total. The van der Waals surface area contributed by atoms with Gasteiger partial charge in [-0.05, 0) is 80.4 Å². The van der Waals surface area contributed by atoms with Crippen molar-refractivity contribution < 1.29 is 0 Å². The molecule has 3 aliphatic rings. The van der Waals surface area contributed by atoms with Gasteiger partial charge in [0.2, 0.25) is 0 Å². The third kappa shape index (κ3) is 4.75. The van der Waals surface area contributed by atoms with Gasteiger partial charge in [-0.15, -0.1) is 0 Å². The smallest absolute Gasteiger partial charge is 0.0402 e. The van der Waals surface area contributed by atoms with Crippen molar-refractivity contribution in [2.24, 2.45) is 11.3 Å². The second kappa shape index (κ2) is 9.20. The molecule has 0 bridgehead atoms. The average Bonchev–Trinajstić information content (AvgIpc) is 2.74. The summed E-state index contributed by atoms with van der Waals surface area (Å²) in [5.74, 6) is 1.61. The Labute approximate surface area is 173 Å². The van der Waals surface area contributed by atoms with E-state index in [4.69, 9.17) is 0 Å². The van der Waals surface area contributed by atoms with Crippen LogP contribution < -0.4 is 4.90 Å². The third-order valence-electron chi connectivity index (χ3n) is 8.07. The molecule has 1 saturated heterocycles. The molecule has 0 atom stereocenters. The molecule has 0 radical (unpaired) electrons. The van der Waals surface area contributed by atoms with Gasteiger partial charge in [0.25, 0.3) is 0 Å². The predicted molar refractivity (Wildman–Crippen MR) is 121 cm³/mol. The second-order valence-electron chi connectivity index (χ2n) is 10.4. The van der Waals surface area contributed by atoms with Gasteiger partial charge in [-0.2, -0.15) is 0 Å². The van der Waals surface area contributed by atoms with Crippen molar-refractivity contribution in [3.8, 4) is 0 Å². The molecule has 28 heavy (non-hydrogen) atoms. The second-order valence-corrected chi connectivity index (χ2v) is 10.4. The predicted octanol–water partition coefficient (Wildman–Crippen LogP) is 6.46. The van der Waals surface area contributed by atoms with E-state index in [1.54, 1.807) is 11.3 Å². The van der Waals surface area contributed by atoms with Gasteiger partial charge in [-0.3, -0.25) is 4.90 Å². The molecule has 1 spiro atoms. The molecule has 2 saturated carbocycles. The van der Waals surface area contributed by atoms with Crippen LogP contribution in [0.3, 0.4) is 0 Å². The number of hydrogen-bond acceptors (Lipinski definition) is 2. The zero-order valence-corrected chi connectivity index (χ0v) is 18.5. The highest BCUT2D eigenvalue weighted by Gasteiger charge is 2.37. The molecule has 1 heterocycles. The number of anilines is 1. The lowest BCUT2D eigenvalue weighted by atomic mass is 9.62. The van der Waals surface area contributed by atoms with E-state index < -0.39 is 0 Å². The Kier molecular flexibility index (Phi) is 6.66. The topological polar surface area (TPSA) is 6.48 Å². The Balaban J connectivity index is 1.37. The van der Waals surface area contributed by atoms with Crippen LogP contribution in [0, 0.1) is 11.3 Å². The number of hydrogen-bond donors (Lipinski definition) is 0. The Bertz CT molecular complexity index is 599. The summed E-state index contributed by atoms with van der Waals surface area (Å²) in [6.07, 6.45) is 14.6. The monoisotopic (exact) mass is 382 g/mol. The van der Waals surface area contributed by atoms with E-state index in [9.17, 15) is 0 Å². The van der Waals surface area contributed by atoms with E-state index >= 15 is 0 Å². The lowest BCUT2D eigenvalue weighted by molar-refractivity contribution is 0.114. The molecule has 0 amide bonds. The number of piperazine rings is 1. The molecular weight excluding hydrogens is 340 g/mol. The quantitative estimate of drug-likeness (QED) is 0.576. The summed E-state index contributed by atoms with van der Waals surface area (Å²) in [6.45, 7) is 10.8. The van der Waals surface area contributed by atoms with Crippen LogP contribution in [0.1, 0.15) is 89.5 Å². The molecule has 1 aromatic rings. The molecule has 0 unspecified atom stereocenters. The van der Waals surface area contributed by atoms with Crippen LogP contribution in [0.5, 0.6) is 0 Å². The van der Waals surface area contributed by atoms with E-state index in [1.165, 1.54) is 96.9 Å². The maximum Gasteiger partial charge on any atom is 0.0402 e. The highest BCUT2D eigenvalue weighted by molar-refractivity contribution is 5.55. The van der Waals surface area contributed by atoms with Crippen LogP contribution >= 0.6 is 0 Å². The Morgan fingerprint density at radius 3 is 2.25 bits per heavy atom. The largest absolute Gasteiger partial charge is 0.369 e. The first-order valence-electron chi connectivity index (χ1n) is 12.2. The van der Waals surface area contributed by atoms with Gasteiger partial charge in [0.05, 0.1) is 0 Å². The minimum atomic E-state index is 0.728. The third-order valence-corrected chi connectivity index (χ3v) is 8.07. The first-order valence-corrected chi connectivity index (χ1v) is 12.2. The first-order chi connectivity index (χ1) is 13.7. The van der Waals surface area contributed by atoms with Crippen molar-refractivity contribution in [3.05, 3.63) is 29.8 Å². The number of rotatable bonds is 5. The van der Waals surface area contributed by atoms with Crippen molar-refractivity contribution >= 4 is 5.69 Å². The molecule has 0 aromatic heterocycles. The standard InChI is InChI=1S/C26H42N2/c1-22(2)12-17-27-18-20-28(21-19-27)25-9-5-4-8-24(25)23-10-15-26(16-11-23)13-6-3-7-14-26/h4-5,8-9,22-23H,3,6-7,10-21H2,1-2H3.